The molecule has 1 aliphatic heterocycles. The maximum absolute atomic E-state index is 9.66. The zero-order valence-corrected chi connectivity index (χ0v) is 7.90. The van der Waals surface area contributed by atoms with E-state index in [-0.39, 0.29) is 6.10 Å². The maximum Gasteiger partial charge on any atom is 0.0787 e. The van der Waals surface area contributed by atoms with Gasteiger partial charge in [-0.05, 0) is 37.1 Å². The largest absolute Gasteiger partial charge is 0.388 e. The Morgan fingerprint density at radius 2 is 2.31 bits per heavy atom. The second-order valence-electron chi connectivity index (χ2n) is 3.77. The lowest BCUT2D eigenvalue weighted by Gasteiger charge is -2.21. The molecule has 0 amide bonds. The van der Waals surface area contributed by atoms with Crippen LogP contribution in [-0.4, -0.2) is 24.0 Å². The number of nitrogens with zero attached hydrogens (tertiary/aromatic N) is 1. The standard InChI is InChI=1S/C11H15NO/c1-8-10(3-2-4-11(8)13)9-5-6-12-7-9/h2-3,6,9,11,13H,4-5,7H2,1H3. The Morgan fingerprint density at radius 3 is 3.00 bits per heavy atom. The van der Waals surface area contributed by atoms with Gasteiger partial charge in [0.2, 0.25) is 0 Å². The van der Waals surface area contributed by atoms with Crippen molar-refractivity contribution in [3.63, 3.8) is 0 Å². The molecular formula is C11H15NO. The van der Waals surface area contributed by atoms with Crippen LogP contribution in [0.25, 0.3) is 0 Å². The molecule has 2 rings (SSSR count). The Hall–Kier alpha value is -0.890. The monoisotopic (exact) mass is 177 g/mol. The van der Waals surface area contributed by atoms with Gasteiger partial charge in [-0.25, -0.2) is 0 Å². The molecule has 13 heavy (non-hydrogen) atoms. The molecule has 0 saturated heterocycles. The van der Waals surface area contributed by atoms with Crippen molar-refractivity contribution in [2.24, 2.45) is 10.9 Å². The van der Waals surface area contributed by atoms with Crippen LogP contribution >= 0.6 is 0 Å². The van der Waals surface area contributed by atoms with Crippen LogP contribution in [0.4, 0.5) is 0 Å². The summed E-state index contributed by atoms with van der Waals surface area (Å²) in [6.07, 6.45) is 7.74. The molecule has 70 valence electrons. The second kappa shape index (κ2) is 3.46. The molecule has 1 heterocycles. The van der Waals surface area contributed by atoms with Crippen molar-refractivity contribution in [3.8, 4) is 0 Å². The molecule has 2 unspecified atom stereocenters. The Balaban J connectivity index is 2.20. The first-order valence-electron chi connectivity index (χ1n) is 4.82. The number of aliphatic imine (C=N–C) groups is 1. The van der Waals surface area contributed by atoms with Crippen LogP contribution in [0, 0.1) is 5.92 Å². The summed E-state index contributed by atoms with van der Waals surface area (Å²) in [5.41, 5.74) is 2.44. The molecule has 0 aromatic carbocycles. The number of hydrogen-bond acceptors (Lipinski definition) is 2. The van der Waals surface area contributed by atoms with Crippen molar-refractivity contribution in [3.05, 3.63) is 23.3 Å². The molecule has 0 radical (unpaired) electrons. The normalized spacial score (nSPS) is 33.1. The van der Waals surface area contributed by atoms with Gasteiger partial charge in [-0.2, -0.15) is 0 Å². The Kier molecular flexibility index (Phi) is 2.32. The summed E-state index contributed by atoms with van der Waals surface area (Å²) in [4.78, 5) is 4.22. The van der Waals surface area contributed by atoms with Gasteiger partial charge < -0.3 is 5.11 Å². The van der Waals surface area contributed by atoms with Crippen LogP contribution in [-0.2, 0) is 0 Å². The van der Waals surface area contributed by atoms with E-state index < -0.39 is 0 Å². The third kappa shape index (κ3) is 1.59. The van der Waals surface area contributed by atoms with Crippen LogP contribution in [0.3, 0.4) is 0 Å². The minimum absolute atomic E-state index is 0.263. The lowest BCUT2D eigenvalue weighted by atomic mass is 9.87. The summed E-state index contributed by atoms with van der Waals surface area (Å²) < 4.78 is 0. The van der Waals surface area contributed by atoms with Crippen LogP contribution in [0.5, 0.6) is 0 Å². The van der Waals surface area contributed by atoms with Gasteiger partial charge in [0.25, 0.3) is 0 Å². The third-order valence-electron chi connectivity index (χ3n) is 2.90. The van der Waals surface area contributed by atoms with E-state index in [1.165, 1.54) is 5.57 Å². The van der Waals surface area contributed by atoms with E-state index in [9.17, 15) is 5.11 Å². The number of aliphatic hydroxyl groups excluding tert-OH is 1. The van der Waals surface area contributed by atoms with E-state index >= 15 is 0 Å². The fourth-order valence-corrected chi connectivity index (χ4v) is 1.99. The number of allylic oxidation sites excluding steroid dienone is 1. The van der Waals surface area contributed by atoms with E-state index in [1.54, 1.807) is 0 Å². The molecule has 0 spiro atoms. The summed E-state index contributed by atoms with van der Waals surface area (Å²) in [5, 5.41) is 9.66. The zero-order valence-electron chi connectivity index (χ0n) is 7.90. The molecule has 0 bridgehead atoms. The van der Waals surface area contributed by atoms with Crippen LogP contribution in [0.15, 0.2) is 28.3 Å². The van der Waals surface area contributed by atoms with Crippen molar-refractivity contribution >= 4 is 6.21 Å². The molecule has 2 atom stereocenters. The predicted molar refractivity (Wildman–Crippen MR) is 53.9 cm³/mol. The number of aliphatic hydroxyl groups is 1. The lowest BCUT2D eigenvalue weighted by molar-refractivity contribution is 0.210. The predicted octanol–water partition coefficient (Wildman–Crippen LogP) is 1.71. The highest BCUT2D eigenvalue weighted by Gasteiger charge is 2.21. The molecule has 0 saturated carbocycles. The SMILES string of the molecule is CC1=C(C2CC=NC2)C=CCC1O. The van der Waals surface area contributed by atoms with Crippen molar-refractivity contribution < 1.29 is 5.11 Å². The van der Waals surface area contributed by atoms with E-state index in [0.29, 0.717) is 5.92 Å². The van der Waals surface area contributed by atoms with Gasteiger partial charge in [0.1, 0.15) is 0 Å². The minimum Gasteiger partial charge on any atom is -0.388 e. The summed E-state index contributed by atoms with van der Waals surface area (Å²) in [7, 11) is 0. The summed E-state index contributed by atoms with van der Waals surface area (Å²) in [6.45, 7) is 2.92. The van der Waals surface area contributed by atoms with Crippen molar-refractivity contribution in [2.45, 2.75) is 25.9 Å². The minimum atomic E-state index is -0.263. The fraction of sp³-hybridized carbons (Fsp3) is 0.545. The van der Waals surface area contributed by atoms with E-state index in [1.807, 2.05) is 13.1 Å². The van der Waals surface area contributed by atoms with Crippen LogP contribution in [0.1, 0.15) is 19.8 Å². The molecule has 0 fully saturated rings. The smallest absolute Gasteiger partial charge is 0.0787 e. The summed E-state index contributed by atoms with van der Waals surface area (Å²) >= 11 is 0. The van der Waals surface area contributed by atoms with Gasteiger partial charge in [0.05, 0.1) is 6.10 Å². The average Bonchev–Trinajstić information content (AvgIpc) is 2.62. The van der Waals surface area contributed by atoms with Gasteiger partial charge >= 0.3 is 0 Å². The number of hydrogen-bond donors (Lipinski definition) is 1. The van der Waals surface area contributed by atoms with Gasteiger partial charge in [0.15, 0.2) is 0 Å². The van der Waals surface area contributed by atoms with E-state index in [4.69, 9.17) is 0 Å². The first-order valence-corrected chi connectivity index (χ1v) is 4.82. The van der Waals surface area contributed by atoms with Crippen molar-refractivity contribution in [1.29, 1.82) is 0 Å². The molecule has 0 aromatic rings. The van der Waals surface area contributed by atoms with Crippen molar-refractivity contribution in [2.75, 3.05) is 6.54 Å². The first-order chi connectivity index (χ1) is 6.29. The molecular weight excluding hydrogens is 162 g/mol. The topological polar surface area (TPSA) is 32.6 Å². The summed E-state index contributed by atoms with van der Waals surface area (Å²) in [6, 6.07) is 0. The Bertz CT molecular complexity index is 280. The fourth-order valence-electron chi connectivity index (χ4n) is 1.99. The highest BCUT2D eigenvalue weighted by Crippen LogP contribution is 2.28. The van der Waals surface area contributed by atoms with Crippen molar-refractivity contribution in [1.82, 2.24) is 0 Å². The third-order valence-corrected chi connectivity index (χ3v) is 2.90. The number of rotatable bonds is 1. The van der Waals surface area contributed by atoms with Gasteiger partial charge in [-0.1, -0.05) is 12.2 Å². The molecule has 1 aliphatic carbocycles. The Morgan fingerprint density at radius 1 is 1.46 bits per heavy atom. The zero-order chi connectivity index (χ0) is 9.26. The molecule has 2 nitrogen and oxygen atoms in total. The summed E-state index contributed by atoms with van der Waals surface area (Å²) in [5.74, 6) is 0.520. The average molecular weight is 177 g/mol. The van der Waals surface area contributed by atoms with Gasteiger partial charge in [0, 0.05) is 12.5 Å². The van der Waals surface area contributed by atoms with Crippen LogP contribution < -0.4 is 0 Å². The Labute approximate surface area is 78.7 Å². The van der Waals surface area contributed by atoms with Gasteiger partial charge in [-0.15, -0.1) is 0 Å². The molecule has 1 N–H and O–H groups in total. The molecule has 2 aliphatic rings. The first kappa shape index (κ1) is 8.70. The maximum atomic E-state index is 9.66. The van der Waals surface area contributed by atoms with Gasteiger partial charge in [-0.3, -0.25) is 4.99 Å². The van der Waals surface area contributed by atoms with E-state index in [2.05, 4.69) is 17.1 Å². The molecule has 0 aromatic heterocycles. The quantitative estimate of drug-likeness (QED) is 0.649. The highest BCUT2D eigenvalue weighted by molar-refractivity contribution is 5.61. The van der Waals surface area contributed by atoms with E-state index in [0.717, 1.165) is 25.0 Å². The second-order valence-corrected chi connectivity index (χ2v) is 3.77. The van der Waals surface area contributed by atoms with Crippen LogP contribution in [0.2, 0.25) is 0 Å². The highest BCUT2D eigenvalue weighted by atomic mass is 16.3. The lowest BCUT2D eigenvalue weighted by Crippen LogP contribution is -2.16. The molecule has 2 heteroatoms.